The quantitative estimate of drug-likeness (QED) is 0.0933. The van der Waals surface area contributed by atoms with Crippen LogP contribution >= 0.6 is 0 Å². The minimum absolute atomic E-state index is 0.421. The van der Waals surface area contributed by atoms with Gasteiger partial charge in [0.15, 0.2) is 23.3 Å². The number of aromatic amines is 2. The maximum Gasteiger partial charge on any atom is 0.151 e. The van der Waals surface area contributed by atoms with Crippen LogP contribution in [0.2, 0.25) is 0 Å². The molecule has 1 unspecified atom stereocenters. The number of nitrogens with two attached hydrogens (primary N) is 4. The number of imidazole rings is 1. The number of hydrogen-bond donors (Lipinski definition) is 6. The van der Waals surface area contributed by atoms with E-state index in [2.05, 4.69) is 209 Å². The van der Waals surface area contributed by atoms with Crippen LogP contribution in [0.4, 0.5) is 23.3 Å². The first-order valence-electron chi connectivity index (χ1n) is 43.1. The molecule has 22 nitrogen and oxygen atoms in total. The third-order valence-electron chi connectivity index (χ3n) is 20.3. The third-order valence-corrected chi connectivity index (χ3v) is 20.3. The monoisotopic (exact) mass is 1630 g/mol. The summed E-state index contributed by atoms with van der Waals surface area (Å²) in [6.45, 7) is 32.0. The summed E-state index contributed by atoms with van der Waals surface area (Å²) in [5.41, 5.74) is 51.7. The number of aromatic nitrogens is 18. The van der Waals surface area contributed by atoms with Gasteiger partial charge in [-0.2, -0.15) is 5.10 Å². The molecule has 10 N–H and O–H groups in total. The number of nitrogen functional groups attached to an aromatic ring is 4. The zero-order valence-electron chi connectivity index (χ0n) is 74.6. The Morgan fingerprint density at radius 3 is 1.05 bits per heavy atom. The average molecular weight is 1630 g/mol. The van der Waals surface area contributed by atoms with Gasteiger partial charge in [0.05, 0.1) is 39.4 Å². The van der Waals surface area contributed by atoms with E-state index in [0.717, 1.165) is 112 Å². The molecule has 634 valence electrons. The van der Waals surface area contributed by atoms with Gasteiger partial charge in [-0.15, -0.1) is 0 Å². The number of anilines is 4. The van der Waals surface area contributed by atoms with Crippen LogP contribution in [0.1, 0.15) is 208 Å². The van der Waals surface area contributed by atoms with Gasteiger partial charge in [0, 0.05) is 105 Å². The Kier molecular flexibility index (Phi) is 39.1. The smallest absolute Gasteiger partial charge is 0.151 e. The summed E-state index contributed by atoms with van der Waals surface area (Å²) in [4.78, 5) is 48.9. The van der Waals surface area contributed by atoms with Crippen molar-refractivity contribution in [3.8, 4) is 5.69 Å². The number of nitrogens with zero attached hydrogens (tertiary/aromatic N) is 16. The van der Waals surface area contributed by atoms with Crippen molar-refractivity contribution in [3.63, 3.8) is 0 Å². The molecule has 1 atom stereocenters. The van der Waals surface area contributed by atoms with Crippen molar-refractivity contribution in [2.75, 3.05) is 22.9 Å². The van der Waals surface area contributed by atoms with Crippen LogP contribution in [0.15, 0.2) is 251 Å². The third kappa shape index (κ3) is 23.4. The molecule has 4 aliphatic rings. The van der Waals surface area contributed by atoms with Gasteiger partial charge in [0.2, 0.25) is 0 Å². The molecule has 0 fully saturated rings. The van der Waals surface area contributed by atoms with Gasteiger partial charge in [-0.1, -0.05) is 238 Å². The summed E-state index contributed by atoms with van der Waals surface area (Å²) in [5.74, 6) is 4.02. The van der Waals surface area contributed by atoms with Crippen molar-refractivity contribution in [2.24, 2.45) is 21.1 Å². The van der Waals surface area contributed by atoms with Gasteiger partial charge >= 0.3 is 0 Å². The predicted molar refractivity (Wildman–Crippen MR) is 506 cm³/mol. The molecular weight excluding hydrogens is 1500 g/mol. The zero-order valence-corrected chi connectivity index (χ0v) is 74.6. The lowest BCUT2D eigenvalue weighted by atomic mass is 9.94. The van der Waals surface area contributed by atoms with Crippen molar-refractivity contribution in [2.45, 2.75) is 186 Å². The number of benzene rings is 6. The van der Waals surface area contributed by atoms with Crippen molar-refractivity contribution in [3.05, 3.63) is 318 Å². The standard InChI is InChI=1S/C21H18N4.3C16H16N4.C7H6N2.C4H4N2.C3H4N2.8C2H6/c22-21-20-19(23-13-24-21)18(12-25(20)17-8-2-1-3-9-17)16-10-14-6-4-5-7-15(14)11-16;2*1-20-8-13(14-15(20)16(17)19-9-18-14)12-6-10-4-2-3-5-11(10)7-12;1-20-8-13(14-15(20)16(17)19-9-18-14)12-7-6-10-4-2-3-5-11(10)12;1-2-4-7-6(3-1)8-5-9-7;1-2-5-4-6-3-1;1-2-4-5-3-1;8*1-2/h1-9,12-13,16H,10-11H2,(H2,22,23,24);3*2-5,8-9,12H,6-7H2,1H3,(H2,17,18,19);1-5H,(H,8,9);1-4H;1-3H,(H,4,5);8*1-2H3. The number of para-hydroxylation sites is 3. The van der Waals surface area contributed by atoms with Crippen molar-refractivity contribution in [1.82, 2.24) is 88.3 Å². The number of fused-ring (bicyclic) bond motifs is 9. The van der Waals surface area contributed by atoms with Gasteiger partial charge in [-0.25, -0.2) is 54.8 Å². The maximum absolute atomic E-state index is 6.22. The molecule has 11 aromatic heterocycles. The van der Waals surface area contributed by atoms with E-state index in [4.69, 9.17) is 22.9 Å². The first-order valence-corrected chi connectivity index (χ1v) is 43.1. The van der Waals surface area contributed by atoms with Crippen LogP contribution in [0.3, 0.4) is 0 Å². The largest absolute Gasteiger partial charge is 0.382 e. The molecule has 17 aromatic rings. The summed E-state index contributed by atoms with van der Waals surface area (Å²) in [5, 5.41) is 6.21. The molecule has 22 heteroatoms. The Morgan fingerprint density at radius 1 is 0.322 bits per heavy atom. The fourth-order valence-electron chi connectivity index (χ4n) is 15.5. The van der Waals surface area contributed by atoms with E-state index in [-0.39, 0.29) is 0 Å². The zero-order chi connectivity index (χ0) is 87.8. The van der Waals surface area contributed by atoms with Gasteiger partial charge in [-0.3, -0.25) is 5.10 Å². The highest BCUT2D eigenvalue weighted by atomic mass is 15.1. The van der Waals surface area contributed by atoms with Gasteiger partial charge in [0.1, 0.15) is 53.7 Å². The summed E-state index contributed by atoms with van der Waals surface area (Å²) < 4.78 is 8.26. The molecule has 0 bridgehead atoms. The molecular formula is C99H128N22. The molecule has 0 saturated carbocycles. The summed E-state index contributed by atoms with van der Waals surface area (Å²) >= 11 is 0. The molecule has 0 aliphatic heterocycles. The molecule has 4 aliphatic carbocycles. The molecule has 0 spiro atoms. The molecule has 6 aromatic carbocycles. The lowest BCUT2D eigenvalue weighted by molar-refractivity contribution is 0.741. The Bertz CT molecular complexity index is 5510. The second-order valence-electron chi connectivity index (χ2n) is 26.7. The van der Waals surface area contributed by atoms with E-state index in [1.54, 1.807) is 62.5 Å². The van der Waals surface area contributed by atoms with E-state index in [1.165, 1.54) is 73.1 Å². The van der Waals surface area contributed by atoms with Crippen LogP contribution in [-0.2, 0) is 66.1 Å². The maximum atomic E-state index is 6.22. The van der Waals surface area contributed by atoms with Crippen molar-refractivity contribution in [1.29, 1.82) is 0 Å². The number of H-pyrrole nitrogens is 2. The first kappa shape index (κ1) is 94.9. The first-order chi connectivity index (χ1) is 59.5. The number of nitrogens with one attached hydrogen (secondary N) is 2. The minimum atomic E-state index is 0.421. The fourth-order valence-corrected chi connectivity index (χ4v) is 15.5. The fraction of sp³-hybridized carbons (Fsp3) is 0.313. The Balaban J connectivity index is 0.000000196. The lowest BCUT2D eigenvalue weighted by Crippen LogP contribution is -1.99. The van der Waals surface area contributed by atoms with E-state index < -0.39 is 0 Å². The molecule has 0 amide bonds. The van der Waals surface area contributed by atoms with Crippen LogP contribution in [-0.4, -0.2) is 88.3 Å². The summed E-state index contributed by atoms with van der Waals surface area (Å²) in [7, 11) is 6.02. The van der Waals surface area contributed by atoms with Crippen molar-refractivity contribution < 1.29 is 0 Å². The average Bonchev–Trinajstić information content (AvgIpc) is 1.62. The molecule has 11 heterocycles. The molecule has 121 heavy (non-hydrogen) atoms. The minimum Gasteiger partial charge on any atom is -0.382 e. The molecule has 21 rings (SSSR count). The van der Waals surface area contributed by atoms with Gasteiger partial charge in [0.25, 0.3) is 0 Å². The SMILES string of the molecule is CC.CC.CC.CC.CC.CC.CC.CC.Cn1cc(C2CCc3ccccc32)c2ncnc(N)c21.Cn1cc(C2Cc3ccccc3C2)c2ncnc(N)c21.Cn1cc(C2Cc3ccccc3C2)c2ncnc(N)c21.Nc1ncnc2c(C3Cc4ccccc4C3)cn(-c3ccccc3)c12.c1ccc2[nH]cnc2c1.c1cn[nH]c1.c1cncnc1. The predicted octanol–water partition coefficient (Wildman–Crippen LogP) is 22.0. The van der Waals surface area contributed by atoms with E-state index in [1.807, 2.05) is 194 Å². The van der Waals surface area contributed by atoms with Crippen LogP contribution in [0.5, 0.6) is 0 Å². The van der Waals surface area contributed by atoms with Crippen molar-refractivity contribution >= 4 is 78.4 Å². The Labute approximate surface area is 716 Å². The number of aryl methyl sites for hydroxylation is 4. The summed E-state index contributed by atoms with van der Waals surface area (Å²) in [6, 6.07) is 56.6. The highest BCUT2D eigenvalue weighted by Gasteiger charge is 2.31. The normalized spacial score (nSPS) is 12.6. The van der Waals surface area contributed by atoms with E-state index >= 15 is 0 Å². The topological polar surface area (TPSA) is 310 Å². The second-order valence-corrected chi connectivity index (χ2v) is 26.7. The summed E-state index contributed by atoms with van der Waals surface area (Å²) in [6.07, 6.45) is 33.7. The molecule has 0 saturated heterocycles. The number of hydrogen-bond acceptors (Lipinski definition) is 16. The highest BCUT2D eigenvalue weighted by molar-refractivity contribution is 5.92. The highest BCUT2D eigenvalue weighted by Crippen LogP contribution is 2.44. The van der Waals surface area contributed by atoms with Crippen LogP contribution in [0.25, 0.3) is 60.9 Å². The number of rotatable bonds is 5. The second kappa shape index (κ2) is 49.9. The van der Waals surface area contributed by atoms with Gasteiger partial charge in [-0.05, 0) is 150 Å². The Hall–Kier alpha value is -13.2. The lowest BCUT2D eigenvalue weighted by Gasteiger charge is -2.10. The Morgan fingerprint density at radius 2 is 0.678 bits per heavy atom. The van der Waals surface area contributed by atoms with Crippen LogP contribution < -0.4 is 22.9 Å². The van der Waals surface area contributed by atoms with E-state index in [0.29, 0.717) is 46.9 Å². The van der Waals surface area contributed by atoms with Crippen LogP contribution in [0, 0.1) is 0 Å². The van der Waals surface area contributed by atoms with Gasteiger partial charge < -0.3 is 46.2 Å². The molecule has 0 radical (unpaired) electrons. The van der Waals surface area contributed by atoms with E-state index in [9.17, 15) is 0 Å².